The molecule has 1 aromatic heterocycles. The Labute approximate surface area is 112 Å². The van der Waals surface area contributed by atoms with Crippen molar-refractivity contribution < 1.29 is 8.91 Å². The van der Waals surface area contributed by atoms with E-state index in [0.717, 1.165) is 12.1 Å². The monoisotopic (exact) mass is 263 g/mol. The average Bonchev–Trinajstić information content (AvgIpc) is 2.79. The van der Waals surface area contributed by atoms with Gasteiger partial charge in [-0.3, -0.25) is 0 Å². The van der Waals surface area contributed by atoms with Crippen molar-refractivity contribution in [3.63, 3.8) is 0 Å². The van der Waals surface area contributed by atoms with Gasteiger partial charge < -0.3 is 9.84 Å². The molecule has 2 rings (SSSR count). The Morgan fingerprint density at radius 1 is 1.26 bits per heavy atom. The lowest BCUT2D eigenvalue weighted by Crippen LogP contribution is -2.25. The molecule has 102 valence electrons. The van der Waals surface area contributed by atoms with Crippen LogP contribution < -0.4 is 5.32 Å². The molecule has 0 fully saturated rings. The summed E-state index contributed by atoms with van der Waals surface area (Å²) in [6, 6.07) is 6.77. The quantitative estimate of drug-likeness (QED) is 0.869. The third-order valence-electron chi connectivity index (χ3n) is 2.68. The molecule has 1 aromatic carbocycles. The van der Waals surface area contributed by atoms with Crippen LogP contribution in [0.4, 0.5) is 4.39 Å². The molecule has 5 heteroatoms. The van der Waals surface area contributed by atoms with E-state index in [1.165, 1.54) is 12.1 Å². The zero-order chi connectivity index (χ0) is 13.7. The Morgan fingerprint density at radius 2 is 2.00 bits per heavy atom. The van der Waals surface area contributed by atoms with Crippen LogP contribution in [0.3, 0.4) is 0 Å². The van der Waals surface area contributed by atoms with Crippen molar-refractivity contribution in [2.45, 2.75) is 32.7 Å². The third-order valence-corrected chi connectivity index (χ3v) is 2.68. The number of rotatable bonds is 6. The van der Waals surface area contributed by atoms with Crippen LogP contribution in [-0.2, 0) is 12.8 Å². The maximum Gasteiger partial charge on any atom is 0.227 e. The van der Waals surface area contributed by atoms with E-state index in [1.807, 2.05) is 0 Å². The van der Waals surface area contributed by atoms with Gasteiger partial charge in [0.05, 0.1) is 0 Å². The number of nitrogens with one attached hydrogen (secondary N) is 1. The summed E-state index contributed by atoms with van der Waals surface area (Å²) in [5.74, 6) is 1.02. The highest BCUT2D eigenvalue weighted by molar-refractivity contribution is 5.19. The summed E-state index contributed by atoms with van der Waals surface area (Å²) < 4.78 is 17.9. The summed E-state index contributed by atoms with van der Waals surface area (Å²) in [5.41, 5.74) is 0.967. The van der Waals surface area contributed by atoms with Gasteiger partial charge in [-0.25, -0.2) is 4.39 Å². The topological polar surface area (TPSA) is 51.0 Å². The second-order valence-electron chi connectivity index (χ2n) is 4.77. The molecule has 0 saturated heterocycles. The number of hydrogen-bond donors (Lipinski definition) is 1. The highest BCUT2D eigenvalue weighted by Crippen LogP contribution is 2.08. The molecule has 0 amide bonds. The summed E-state index contributed by atoms with van der Waals surface area (Å²) in [5, 5.41) is 7.21. The normalized spacial score (nSPS) is 11.2. The van der Waals surface area contributed by atoms with Crippen molar-refractivity contribution in [2.75, 3.05) is 6.54 Å². The maximum atomic E-state index is 12.8. The Hall–Kier alpha value is -1.75. The van der Waals surface area contributed by atoms with Crippen molar-refractivity contribution in [3.8, 4) is 0 Å². The molecular formula is C14H18FN3O. The zero-order valence-corrected chi connectivity index (χ0v) is 11.2. The largest absolute Gasteiger partial charge is 0.339 e. The first-order valence-corrected chi connectivity index (χ1v) is 6.43. The van der Waals surface area contributed by atoms with Crippen LogP contribution in [0.25, 0.3) is 0 Å². The fourth-order valence-corrected chi connectivity index (χ4v) is 1.72. The van der Waals surface area contributed by atoms with Crippen LogP contribution in [0.15, 0.2) is 28.8 Å². The van der Waals surface area contributed by atoms with Gasteiger partial charge in [0.1, 0.15) is 5.82 Å². The average molecular weight is 263 g/mol. The molecule has 1 heterocycles. The SMILES string of the molecule is CC(C)NCCc1nc(Cc2ccc(F)cc2)no1. The molecule has 0 saturated carbocycles. The first-order chi connectivity index (χ1) is 9.13. The zero-order valence-electron chi connectivity index (χ0n) is 11.2. The Kier molecular flexibility index (Phi) is 4.63. The Balaban J connectivity index is 1.88. The van der Waals surface area contributed by atoms with E-state index in [0.29, 0.717) is 30.6 Å². The van der Waals surface area contributed by atoms with Crippen LogP contribution in [0.2, 0.25) is 0 Å². The Bertz CT molecular complexity index is 508. The molecule has 0 aliphatic carbocycles. The predicted octanol–water partition coefficient (Wildman–Crippen LogP) is 2.34. The second-order valence-corrected chi connectivity index (χ2v) is 4.77. The summed E-state index contributed by atoms with van der Waals surface area (Å²) in [6.45, 7) is 5.00. The van der Waals surface area contributed by atoms with Gasteiger partial charge in [-0.2, -0.15) is 4.98 Å². The number of hydrogen-bond acceptors (Lipinski definition) is 4. The fourth-order valence-electron chi connectivity index (χ4n) is 1.72. The highest BCUT2D eigenvalue weighted by Gasteiger charge is 2.07. The summed E-state index contributed by atoms with van der Waals surface area (Å²) >= 11 is 0. The third kappa shape index (κ3) is 4.44. The summed E-state index contributed by atoms with van der Waals surface area (Å²) in [4.78, 5) is 4.31. The van der Waals surface area contributed by atoms with Gasteiger partial charge in [0, 0.05) is 25.4 Å². The maximum absolute atomic E-state index is 12.8. The first kappa shape index (κ1) is 13.7. The molecular weight excluding hydrogens is 245 g/mol. The molecule has 2 aromatic rings. The van der Waals surface area contributed by atoms with E-state index >= 15 is 0 Å². The minimum absolute atomic E-state index is 0.239. The van der Waals surface area contributed by atoms with Gasteiger partial charge in [-0.1, -0.05) is 31.1 Å². The molecule has 0 unspecified atom stereocenters. The number of benzene rings is 1. The van der Waals surface area contributed by atoms with Gasteiger partial charge in [0.2, 0.25) is 5.89 Å². The van der Waals surface area contributed by atoms with Gasteiger partial charge in [0.25, 0.3) is 0 Å². The van der Waals surface area contributed by atoms with E-state index in [1.54, 1.807) is 12.1 Å². The van der Waals surface area contributed by atoms with Crippen LogP contribution in [0.5, 0.6) is 0 Å². The summed E-state index contributed by atoms with van der Waals surface area (Å²) in [6.07, 6.45) is 1.27. The lowest BCUT2D eigenvalue weighted by molar-refractivity contribution is 0.369. The van der Waals surface area contributed by atoms with Gasteiger partial charge in [-0.05, 0) is 17.7 Å². The molecule has 0 radical (unpaired) electrons. The molecule has 19 heavy (non-hydrogen) atoms. The van der Waals surface area contributed by atoms with E-state index in [-0.39, 0.29) is 5.82 Å². The molecule has 0 aliphatic heterocycles. The lowest BCUT2D eigenvalue weighted by Gasteiger charge is -2.04. The lowest BCUT2D eigenvalue weighted by atomic mass is 10.1. The molecule has 4 nitrogen and oxygen atoms in total. The smallest absolute Gasteiger partial charge is 0.227 e. The second kappa shape index (κ2) is 6.43. The van der Waals surface area contributed by atoms with Gasteiger partial charge >= 0.3 is 0 Å². The minimum Gasteiger partial charge on any atom is -0.339 e. The fraction of sp³-hybridized carbons (Fsp3) is 0.429. The molecule has 0 spiro atoms. The van der Waals surface area contributed by atoms with Crippen LogP contribution >= 0.6 is 0 Å². The first-order valence-electron chi connectivity index (χ1n) is 6.43. The number of nitrogens with zero attached hydrogens (tertiary/aromatic N) is 2. The van der Waals surface area contributed by atoms with E-state index in [9.17, 15) is 4.39 Å². The highest BCUT2D eigenvalue weighted by atomic mass is 19.1. The van der Waals surface area contributed by atoms with Crippen LogP contribution in [-0.4, -0.2) is 22.7 Å². The number of halogens is 1. The predicted molar refractivity (Wildman–Crippen MR) is 70.3 cm³/mol. The van der Waals surface area contributed by atoms with E-state index < -0.39 is 0 Å². The van der Waals surface area contributed by atoms with Crippen molar-refractivity contribution in [1.29, 1.82) is 0 Å². The van der Waals surface area contributed by atoms with Crippen molar-refractivity contribution in [1.82, 2.24) is 15.5 Å². The molecule has 0 atom stereocenters. The van der Waals surface area contributed by atoms with Crippen molar-refractivity contribution in [3.05, 3.63) is 47.4 Å². The molecule has 1 N–H and O–H groups in total. The standard InChI is InChI=1S/C14H18FN3O/c1-10(2)16-8-7-14-17-13(18-19-14)9-11-3-5-12(15)6-4-11/h3-6,10,16H,7-9H2,1-2H3. The van der Waals surface area contributed by atoms with Gasteiger partial charge in [0.15, 0.2) is 5.82 Å². The van der Waals surface area contributed by atoms with Gasteiger partial charge in [-0.15, -0.1) is 0 Å². The van der Waals surface area contributed by atoms with Crippen molar-refractivity contribution in [2.24, 2.45) is 0 Å². The van der Waals surface area contributed by atoms with E-state index in [2.05, 4.69) is 29.3 Å². The van der Waals surface area contributed by atoms with Crippen molar-refractivity contribution >= 4 is 0 Å². The van der Waals surface area contributed by atoms with E-state index in [4.69, 9.17) is 4.52 Å². The number of aromatic nitrogens is 2. The summed E-state index contributed by atoms with van der Waals surface area (Å²) in [7, 11) is 0. The molecule has 0 bridgehead atoms. The minimum atomic E-state index is -0.239. The Morgan fingerprint density at radius 3 is 2.68 bits per heavy atom. The van der Waals surface area contributed by atoms with Crippen LogP contribution in [0, 0.1) is 5.82 Å². The van der Waals surface area contributed by atoms with Crippen LogP contribution in [0.1, 0.15) is 31.1 Å². The molecule has 0 aliphatic rings.